The van der Waals surface area contributed by atoms with Crippen LogP contribution in [0.3, 0.4) is 0 Å². The van der Waals surface area contributed by atoms with Crippen molar-refractivity contribution < 1.29 is 18.7 Å². The van der Waals surface area contributed by atoms with Gasteiger partial charge in [-0.25, -0.2) is 4.39 Å². The van der Waals surface area contributed by atoms with Gasteiger partial charge in [0, 0.05) is 29.0 Å². The van der Waals surface area contributed by atoms with E-state index in [1.165, 1.54) is 12.1 Å². The third kappa shape index (κ3) is 5.07. The molecular weight excluding hydrogens is 497 g/mol. The molecule has 2 heterocycles. The van der Waals surface area contributed by atoms with Crippen molar-refractivity contribution in [3.8, 4) is 0 Å². The summed E-state index contributed by atoms with van der Waals surface area (Å²) < 4.78 is 19.8. The van der Waals surface area contributed by atoms with E-state index in [0.717, 1.165) is 16.7 Å². The monoisotopic (exact) mass is 529 g/mol. The molecule has 2 aliphatic rings. The van der Waals surface area contributed by atoms with E-state index < -0.39 is 35.0 Å². The summed E-state index contributed by atoms with van der Waals surface area (Å²) in [6.07, 6.45) is 1.96. The first kappa shape index (κ1) is 26.4. The molecule has 6 heteroatoms. The van der Waals surface area contributed by atoms with Crippen molar-refractivity contribution in [2.75, 3.05) is 11.5 Å². The van der Waals surface area contributed by atoms with E-state index >= 15 is 0 Å². The van der Waals surface area contributed by atoms with Crippen molar-refractivity contribution in [2.45, 2.75) is 44.4 Å². The van der Waals surface area contributed by atoms with Gasteiger partial charge in [0.15, 0.2) is 5.78 Å². The predicted molar refractivity (Wildman–Crippen MR) is 150 cm³/mol. The molecule has 3 aromatic rings. The van der Waals surface area contributed by atoms with E-state index in [4.69, 9.17) is 4.74 Å². The van der Waals surface area contributed by atoms with E-state index in [1.807, 2.05) is 87.5 Å². The molecule has 0 amide bonds. The quantitative estimate of drug-likeness (QED) is 0.315. The summed E-state index contributed by atoms with van der Waals surface area (Å²) in [7, 11) is 0. The molecule has 0 radical (unpaired) electrons. The van der Waals surface area contributed by atoms with Crippen LogP contribution < -0.4 is 5.32 Å². The molecule has 38 heavy (non-hydrogen) atoms. The lowest BCUT2D eigenvalue weighted by Crippen LogP contribution is -2.47. The maximum Gasteiger partial charge on any atom is 0.324 e. The van der Waals surface area contributed by atoms with E-state index in [0.29, 0.717) is 17.1 Å². The normalized spacial score (nSPS) is 26.6. The van der Waals surface area contributed by atoms with E-state index in [9.17, 15) is 14.0 Å². The number of hydrogen-bond donors (Lipinski definition) is 1. The van der Waals surface area contributed by atoms with Gasteiger partial charge in [-0.3, -0.25) is 14.9 Å². The highest BCUT2D eigenvalue weighted by atomic mass is 32.2. The topological polar surface area (TPSA) is 55.4 Å². The van der Waals surface area contributed by atoms with Crippen LogP contribution in [0.15, 0.2) is 90.5 Å². The smallest absolute Gasteiger partial charge is 0.324 e. The minimum Gasteiger partial charge on any atom is -0.459 e. The number of ketones is 1. The zero-order chi connectivity index (χ0) is 26.9. The van der Waals surface area contributed by atoms with Gasteiger partial charge in [0.05, 0.1) is 5.41 Å². The van der Waals surface area contributed by atoms with Gasteiger partial charge in [-0.1, -0.05) is 72.8 Å². The highest BCUT2D eigenvalue weighted by Gasteiger charge is 2.63. The number of carbonyl (C=O) groups is 2. The largest absolute Gasteiger partial charge is 0.459 e. The Labute approximate surface area is 227 Å². The van der Waals surface area contributed by atoms with E-state index in [1.54, 1.807) is 23.9 Å². The summed E-state index contributed by atoms with van der Waals surface area (Å²) in [5.41, 5.74) is 1.67. The lowest BCUT2D eigenvalue weighted by molar-refractivity contribution is -0.157. The molecule has 5 rings (SSSR count). The van der Waals surface area contributed by atoms with Crippen LogP contribution in [0.4, 0.5) is 4.39 Å². The Kier molecular flexibility index (Phi) is 7.30. The maximum atomic E-state index is 14.7. The van der Waals surface area contributed by atoms with Crippen molar-refractivity contribution in [1.29, 1.82) is 0 Å². The third-order valence-corrected chi connectivity index (χ3v) is 8.42. The fourth-order valence-electron chi connectivity index (χ4n) is 5.73. The fraction of sp³-hybridized carbons (Fsp3) is 0.312. The number of halogens is 1. The molecule has 0 bridgehead atoms. The predicted octanol–water partition coefficient (Wildman–Crippen LogP) is 6.35. The van der Waals surface area contributed by atoms with Crippen LogP contribution in [0, 0.1) is 11.2 Å². The van der Waals surface area contributed by atoms with Gasteiger partial charge in [0.1, 0.15) is 17.5 Å². The number of carbonyl (C=O) groups excluding carboxylic acids is 2. The molecule has 0 saturated carbocycles. The second-order valence-corrected chi connectivity index (χ2v) is 12.0. The summed E-state index contributed by atoms with van der Waals surface area (Å²) in [4.78, 5) is 28.4. The molecular formula is C32H32FNO3S. The molecule has 2 saturated heterocycles. The number of hydrogen-bond acceptors (Lipinski definition) is 5. The molecule has 2 fully saturated rings. The summed E-state index contributed by atoms with van der Waals surface area (Å²) in [5, 5.41) is 3.51. The fourth-order valence-corrected chi connectivity index (χ4v) is 7.08. The maximum absolute atomic E-state index is 14.7. The molecule has 1 spiro atoms. The average molecular weight is 530 g/mol. The van der Waals surface area contributed by atoms with Crippen LogP contribution >= 0.6 is 11.8 Å². The SMILES string of the molecule is CC(C)(C)OC(=O)C1NC(c2ccc(F)cc2)C2(CSC/C(=C\c3ccccc3)C2=O)C1c1ccccc1. The first-order chi connectivity index (χ1) is 18.2. The Balaban J connectivity index is 1.69. The Bertz CT molecular complexity index is 1330. The van der Waals surface area contributed by atoms with Crippen molar-refractivity contribution in [3.63, 3.8) is 0 Å². The zero-order valence-electron chi connectivity index (χ0n) is 21.8. The summed E-state index contributed by atoms with van der Waals surface area (Å²) in [6, 6.07) is 24.5. The van der Waals surface area contributed by atoms with Crippen molar-refractivity contribution in [3.05, 3.63) is 113 Å². The van der Waals surface area contributed by atoms with Gasteiger partial charge in [0.25, 0.3) is 0 Å². The van der Waals surface area contributed by atoms with Crippen LogP contribution in [0.2, 0.25) is 0 Å². The molecule has 2 aliphatic heterocycles. The Morgan fingerprint density at radius 3 is 2.24 bits per heavy atom. The minimum atomic E-state index is -0.982. The van der Waals surface area contributed by atoms with Gasteiger partial charge in [-0.05, 0) is 55.7 Å². The van der Waals surface area contributed by atoms with Crippen molar-refractivity contribution >= 4 is 29.6 Å². The first-order valence-electron chi connectivity index (χ1n) is 12.9. The molecule has 4 unspecified atom stereocenters. The van der Waals surface area contributed by atoms with Gasteiger partial charge >= 0.3 is 5.97 Å². The lowest BCUT2D eigenvalue weighted by Gasteiger charge is -2.42. The molecule has 0 aliphatic carbocycles. The number of thioether (sulfide) groups is 1. The summed E-state index contributed by atoms with van der Waals surface area (Å²) in [6.45, 7) is 5.52. The van der Waals surface area contributed by atoms with Crippen molar-refractivity contribution in [2.24, 2.45) is 5.41 Å². The molecule has 1 N–H and O–H groups in total. The van der Waals surface area contributed by atoms with Gasteiger partial charge in [-0.2, -0.15) is 11.8 Å². The third-order valence-electron chi connectivity index (χ3n) is 7.23. The number of rotatable bonds is 4. The zero-order valence-corrected chi connectivity index (χ0v) is 22.6. The molecule has 4 atom stereocenters. The van der Waals surface area contributed by atoms with E-state index in [-0.39, 0.29) is 11.6 Å². The second kappa shape index (κ2) is 10.5. The van der Waals surface area contributed by atoms with Gasteiger partial charge in [-0.15, -0.1) is 0 Å². The van der Waals surface area contributed by atoms with Crippen LogP contribution in [0.1, 0.15) is 49.4 Å². The number of benzene rings is 3. The number of ether oxygens (including phenoxy) is 1. The van der Waals surface area contributed by atoms with Crippen LogP contribution in [0.5, 0.6) is 0 Å². The summed E-state index contributed by atoms with van der Waals surface area (Å²) in [5.74, 6) is -0.101. The van der Waals surface area contributed by atoms with Crippen LogP contribution in [0.25, 0.3) is 6.08 Å². The van der Waals surface area contributed by atoms with E-state index in [2.05, 4.69) is 5.32 Å². The van der Waals surface area contributed by atoms with Crippen LogP contribution in [-0.4, -0.2) is 34.9 Å². The Hall–Kier alpha value is -3.22. The summed E-state index contributed by atoms with van der Waals surface area (Å²) >= 11 is 1.69. The van der Waals surface area contributed by atoms with Gasteiger partial charge < -0.3 is 4.74 Å². The standard InChI is InChI=1S/C32H32FNO3S/c1-31(2,3)37-30(36)27-26(22-12-8-5-9-13-22)32(28(34-27)23-14-16-25(33)17-15-23)20-38-19-24(29(32)35)18-21-10-6-4-7-11-21/h4-18,26-28,34H,19-20H2,1-3H3/b24-18+. The minimum absolute atomic E-state index is 0.0156. The van der Waals surface area contributed by atoms with Gasteiger partial charge in [0.2, 0.25) is 0 Å². The molecule has 3 aromatic carbocycles. The Morgan fingerprint density at radius 1 is 0.974 bits per heavy atom. The van der Waals surface area contributed by atoms with Crippen LogP contribution in [-0.2, 0) is 14.3 Å². The molecule has 4 nitrogen and oxygen atoms in total. The molecule has 0 aromatic heterocycles. The lowest BCUT2D eigenvalue weighted by atomic mass is 9.64. The first-order valence-corrected chi connectivity index (χ1v) is 14.0. The second-order valence-electron chi connectivity index (χ2n) is 11.0. The number of nitrogens with one attached hydrogen (secondary N) is 1. The van der Waals surface area contributed by atoms with Crippen molar-refractivity contribution in [1.82, 2.24) is 5.32 Å². The number of Topliss-reactive ketones (excluding diaryl/α,β-unsaturated/α-hetero) is 1. The highest BCUT2D eigenvalue weighted by molar-refractivity contribution is 7.99. The number of esters is 1. The Morgan fingerprint density at radius 2 is 1.61 bits per heavy atom. The molecule has 196 valence electrons. The highest BCUT2D eigenvalue weighted by Crippen LogP contribution is 2.58. The average Bonchev–Trinajstić information content (AvgIpc) is 3.23.